The van der Waals surface area contributed by atoms with Crippen LogP contribution in [0.4, 0.5) is 0 Å². The SMILES string of the molecule is CN=C(/C=C\N)C(c1ccccc1C#N)C(C)c1nc(C(=O)O)c(OC)c(=O)n1C. The van der Waals surface area contributed by atoms with Gasteiger partial charge in [0.05, 0.1) is 18.7 Å². The Hall–Kier alpha value is -3.93. The lowest BCUT2D eigenvalue weighted by Gasteiger charge is -2.27. The largest absolute Gasteiger partial charge is 0.489 e. The van der Waals surface area contributed by atoms with Crippen LogP contribution < -0.4 is 16.0 Å². The maximum atomic E-state index is 12.7. The van der Waals surface area contributed by atoms with Gasteiger partial charge in [-0.3, -0.25) is 14.4 Å². The summed E-state index contributed by atoms with van der Waals surface area (Å²) < 4.78 is 6.22. The second kappa shape index (κ2) is 9.52. The molecule has 2 atom stereocenters. The molecule has 156 valence electrons. The minimum Gasteiger partial charge on any atom is -0.489 e. The van der Waals surface area contributed by atoms with E-state index in [1.807, 2.05) is 0 Å². The van der Waals surface area contributed by atoms with Crippen molar-refractivity contribution in [3.63, 3.8) is 0 Å². The number of aromatic nitrogens is 2. The van der Waals surface area contributed by atoms with Crippen molar-refractivity contribution in [2.24, 2.45) is 17.8 Å². The van der Waals surface area contributed by atoms with Gasteiger partial charge in [0.1, 0.15) is 5.82 Å². The van der Waals surface area contributed by atoms with Gasteiger partial charge in [-0.25, -0.2) is 9.78 Å². The highest BCUT2D eigenvalue weighted by atomic mass is 16.5. The van der Waals surface area contributed by atoms with Crippen LogP contribution >= 0.6 is 0 Å². The zero-order valence-corrected chi connectivity index (χ0v) is 17.2. The van der Waals surface area contributed by atoms with E-state index in [0.29, 0.717) is 16.8 Å². The summed E-state index contributed by atoms with van der Waals surface area (Å²) in [6.07, 6.45) is 2.94. The van der Waals surface area contributed by atoms with Gasteiger partial charge in [-0.1, -0.05) is 25.1 Å². The fraction of sp³-hybridized carbons (Fsp3) is 0.286. The Bertz CT molecular complexity index is 1110. The van der Waals surface area contributed by atoms with Crippen LogP contribution in [-0.2, 0) is 7.05 Å². The highest BCUT2D eigenvalue weighted by Crippen LogP contribution is 2.35. The third kappa shape index (κ3) is 4.07. The van der Waals surface area contributed by atoms with Crippen molar-refractivity contribution in [2.75, 3.05) is 14.2 Å². The van der Waals surface area contributed by atoms with E-state index in [2.05, 4.69) is 16.0 Å². The normalized spacial score (nSPS) is 13.6. The Labute approximate surface area is 173 Å². The van der Waals surface area contributed by atoms with Crippen molar-refractivity contribution >= 4 is 11.7 Å². The van der Waals surface area contributed by atoms with Crippen LogP contribution in [0.15, 0.2) is 46.3 Å². The zero-order valence-electron chi connectivity index (χ0n) is 17.2. The smallest absolute Gasteiger partial charge is 0.358 e. The Morgan fingerprint density at radius 1 is 1.43 bits per heavy atom. The number of methoxy groups -OCH3 is 1. The number of nitriles is 1. The second-order valence-corrected chi connectivity index (χ2v) is 6.49. The summed E-state index contributed by atoms with van der Waals surface area (Å²) in [4.78, 5) is 32.9. The van der Waals surface area contributed by atoms with Gasteiger partial charge in [-0.15, -0.1) is 0 Å². The predicted octanol–water partition coefficient (Wildman–Crippen LogP) is 1.79. The summed E-state index contributed by atoms with van der Waals surface area (Å²) in [7, 11) is 4.30. The molecule has 0 bridgehead atoms. The number of aliphatic imine (C=N–C) groups is 1. The van der Waals surface area contributed by atoms with Gasteiger partial charge in [-0.05, 0) is 23.9 Å². The lowest BCUT2D eigenvalue weighted by Crippen LogP contribution is -2.31. The molecule has 0 aliphatic carbocycles. The summed E-state index contributed by atoms with van der Waals surface area (Å²) in [5.74, 6) is -2.56. The van der Waals surface area contributed by atoms with Crippen LogP contribution in [0.1, 0.15) is 46.2 Å². The van der Waals surface area contributed by atoms with Crippen LogP contribution in [0.2, 0.25) is 0 Å². The molecule has 2 unspecified atom stereocenters. The Kier molecular flexibility index (Phi) is 7.09. The molecule has 0 aliphatic heterocycles. The minimum absolute atomic E-state index is 0.211. The number of carboxylic acids is 1. The van der Waals surface area contributed by atoms with Crippen molar-refractivity contribution in [3.8, 4) is 11.8 Å². The first-order valence-corrected chi connectivity index (χ1v) is 9.04. The lowest BCUT2D eigenvalue weighted by atomic mass is 9.80. The van der Waals surface area contributed by atoms with Gasteiger partial charge in [0, 0.05) is 31.6 Å². The van der Waals surface area contributed by atoms with Gasteiger partial charge in [0.15, 0.2) is 5.69 Å². The van der Waals surface area contributed by atoms with Crippen LogP contribution in [0, 0.1) is 11.3 Å². The average molecular weight is 409 g/mol. The topological polar surface area (TPSA) is 144 Å². The van der Waals surface area contributed by atoms with E-state index in [-0.39, 0.29) is 11.6 Å². The van der Waals surface area contributed by atoms with E-state index in [4.69, 9.17) is 10.5 Å². The molecule has 9 nitrogen and oxygen atoms in total. The molecule has 2 rings (SSSR count). The first-order chi connectivity index (χ1) is 14.3. The number of ether oxygens (including phenoxy) is 1. The molecule has 0 spiro atoms. The van der Waals surface area contributed by atoms with E-state index < -0.39 is 29.1 Å². The molecular weight excluding hydrogens is 386 g/mol. The van der Waals surface area contributed by atoms with Crippen molar-refractivity contribution < 1.29 is 14.6 Å². The van der Waals surface area contributed by atoms with Crippen molar-refractivity contribution in [3.05, 3.63) is 69.5 Å². The molecule has 1 aromatic carbocycles. The first-order valence-electron chi connectivity index (χ1n) is 9.04. The molecule has 3 N–H and O–H groups in total. The van der Waals surface area contributed by atoms with E-state index in [1.54, 1.807) is 44.3 Å². The van der Waals surface area contributed by atoms with Gasteiger partial charge in [0.2, 0.25) is 5.75 Å². The van der Waals surface area contributed by atoms with Crippen molar-refractivity contribution in [1.29, 1.82) is 5.26 Å². The number of carboxylic acid groups (broad SMARTS) is 1. The Morgan fingerprint density at radius 2 is 2.10 bits per heavy atom. The molecule has 0 saturated heterocycles. The van der Waals surface area contributed by atoms with Crippen LogP contribution in [0.25, 0.3) is 0 Å². The van der Waals surface area contributed by atoms with Gasteiger partial charge in [-0.2, -0.15) is 5.26 Å². The highest BCUT2D eigenvalue weighted by Gasteiger charge is 2.31. The number of allylic oxidation sites excluding steroid dienone is 1. The Morgan fingerprint density at radius 3 is 2.63 bits per heavy atom. The molecule has 9 heteroatoms. The molecule has 0 radical (unpaired) electrons. The van der Waals surface area contributed by atoms with Gasteiger partial charge in [0.25, 0.3) is 5.56 Å². The molecule has 0 saturated carbocycles. The number of carbonyl (C=O) groups is 1. The number of hydrogen-bond acceptors (Lipinski definition) is 7. The van der Waals surface area contributed by atoms with Crippen molar-refractivity contribution in [1.82, 2.24) is 9.55 Å². The summed E-state index contributed by atoms with van der Waals surface area (Å²) in [5.41, 5.74) is 6.14. The second-order valence-electron chi connectivity index (χ2n) is 6.49. The number of rotatable bonds is 7. The fourth-order valence-corrected chi connectivity index (χ4v) is 3.45. The lowest BCUT2D eigenvalue weighted by molar-refractivity contribution is 0.0685. The van der Waals surface area contributed by atoms with E-state index >= 15 is 0 Å². The molecule has 2 aromatic rings. The fourth-order valence-electron chi connectivity index (χ4n) is 3.45. The van der Waals surface area contributed by atoms with Crippen molar-refractivity contribution in [2.45, 2.75) is 18.8 Å². The first kappa shape index (κ1) is 22.4. The highest BCUT2D eigenvalue weighted by molar-refractivity contribution is 6.01. The number of hydrogen-bond donors (Lipinski definition) is 2. The number of benzene rings is 1. The van der Waals surface area contributed by atoms with Crippen LogP contribution in [0.3, 0.4) is 0 Å². The number of nitrogens with two attached hydrogens (primary N) is 1. The number of aromatic carboxylic acids is 1. The molecule has 0 fully saturated rings. The summed E-state index contributed by atoms with van der Waals surface area (Å²) >= 11 is 0. The average Bonchev–Trinajstić information content (AvgIpc) is 2.74. The summed E-state index contributed by atoms with van der Waals surface area (Å²) in [6, 6.07) is 9.16. The van der Waals surface area contributed by atoms with Gasteiger partial charge < -0.3 is 15.6 Å². The molecule has 0 aliphatic rings. The van der Waals surface area contributed by atoms with E-state index in [1.165, 1.54) is 24.9 Å². The van der Waals surface area contributed by atoms with Gasteiger partial charge >= 0.3 is 5.97 Å². The molecule has 1 heterocycles. The standard InChI is InChI=1S/C21H23N5O4/c1-12(19-25-17(21(28)29)18(30-4)20(27)26(19)3)16(15(24-2)9-10-22)14-8-6-5-7-13(14)11-23/h5-10,12,16H,22H2,1-4H3,(H,28,29)/b10-9-,24-15?. The predicted molar refractivity (Wildman–Crippen MR) is 112 cm³/mol. The molecule has 1 aromatic heterocycles. The maximum absolute atomic E-state index is 12.7. The zero-order chi connectivity index (χ0) is 22.4. The molecular formula is C21H23N5O4. The summed E-state index contributed by atoms with van der Waals surface area (Å²) in [6.45, 7) is 1.79. The van der Waals surface area contributed by atoms with Crippen LogP contribution in [0.5, 0.6) is 5.75 Å². The number of nitrogens with zero attached hydrogens (tertiary/aromatic N) is 4. The molecule has 0 amide bonds. The third-order valence-corrected chi connectivity index (χ3v) is 4.86. The monoisotopic (exact) mass is 409 g/mol. The quantitative estimate of drug-likeness (QED) is 0.663. The maximum Gasteiger partial charge on any atom is 0.358 e. The van der Waals surface area contributed by atoms with E-state index in [0.717, 1.165) is 0 Å². The van der Waals surface area contributed by atoms with E-state index in [9.17, 15) is 20.0 Å². The molecule has 30 heavy (non-hydrogen) atoms. The minimum atomic E-state index is -1.38. The van der Waals surface area contributed by atoms with Crippen LogP contribution in [-0.4, -0.2) is 40.5 Å². The Balaban J connectivity index is 2.83. The third-order valence-electron chi connectivity index (χ3n) is 4.86. The summed E-state index contributed by atoms with van der Waals surface area (Å²) in [5, 5.41) is 19.1.